The number of aliphatic hydroxyl groups excluding tert-OH is 1. The average molecular weight is 195 g/mol. The van der Waals surface area contributed by atoms with Gasteiger partial charge in [-0.1, -0.05) is 19.1 Å². The maximum absolute atomic E-state index is 9.11. The second-order valence-electron chi connectivity index (χ2n) is 4.36. The molecule has 0 bridgehead atoms. The van der Waals surface area contributed by atoms with Gasteiger partial charge in [-0.15, -0.1) is 5.10 Å². The first-order valence-electron chi connectivity index (χ1n) is 5.25. The molecule has 0 unspecified atom stereocenters. The van der Waals surface area contributed by atoms with Gasteiger partial charge in [0, 0.05) is 6.54 Å². The molecule has 14 heavy (non-hydrogen) atoms. The van der Waals surface area contributed by atoms with E-state index in [0.29, 0.717) is 5.92 Å². The Balaban J connectivity index is 2.23. The largest absolute Gasteiger partial charge is 0.390 e. The summed E-state index contributed by atoms with van der Waals surface area (Å²) in [4.78, 5) is 0. The zero-order valence-electron chi connectivity index (χ0n) is 8.77. The minimum absolute atomic E-state index is 0.00181. The maximum atomic E-state index is 9.11. The van der Waals surface area contributed by atoms with Crippen molar-refractivity contribution in [2.45, 2.75) is 45.8 Å². The van der Waals surface area contributed by atoms with Crippen LogP contribution >= 0.6 is 0 Å². The predicted octanol–water partition coefficient (Wildman–Crippen LogP) is 1.30. The Kier molecular flexibility index (Phi) is 2.54. The Labute approximate surface area is 83.9 Å². The van der Waals surface area contributed by atoms with E-state index in [1.54, 1.807) is 0 Å². The summed E-state index contributed by atoms with van der Waals surface area (Å²) in [5.41, 5.74) is 1.83. The summed E-state index contributed by atoms with van der Waals surface area (Å²) in [6.45, 7) is 5.20. The summed E-state index contributed by atoms with van der Waals surface area (Å²) in [7, 11) is 0. The third-order valence-electron chi connectivity index (χ3n) is 2.67. The molecule has 1 heterocycles. The number of hydrogen-bond acceptors (Lipinski definition) is 3. The number of rotatable bonds is 4. The molecule has 1 aromatic rings. The van der Waals surface area contributed by atoms with E-state index in [-0.39, 0.29) is 6.61 Å². The van der Waals surface area contributed by atoms with Crippen LogP contribution in [0.3, 0.4) is 0 Å². The van der Waals surface area contributed by atoms with Gasteiger partial charge in [0.2, 0.25) is 0 Å². The zero-order chi connectivity index (χ0) is 10.1. The van der Waals surface area contributed by atoms with E-state index in [9.17, 15) is 0 Å². The molecule has 78 valence electrons. The molecular formula is C10H17N3O. The van der Waals surface area contributed by atoms with Gasteiger partial charge < -0.3 is 5.11 Å². The highest BCUT2D eigenvalue weighted by atomic mass is 16.3. The van der Waals surface area contributed by atoms with Crippen molar-refractivity contribution in [1.82, 2.24) is 15.0 Å². The maximum Gasteiger partial charge on any atom is 0.112 e. The molecule has 1 aliphatic rings. The van der Waals surface area contributed by atoms with Crippen molar-refractivity contribution < 1.29 is 5.11 Å². The fraction of sp³-hybridized carbons (Fsp3) is 0.800. The van der Waals surface area contributed by atoms with Crippen LogP contribution in [-0.2, 0) is 13.2 Å². The molecule has 1 aromatic heterocycles. The van der Waals surface area contributed by atoms with Crippen LogP contribution in [0.25, 0.3) is 0 Å². The Morgan fingerprint density at radius 1 is 1.50 bits per heavy atom. The summed E-state index contributed by atoms with van der Waals surface area (Å²) in [6.07, 6.45) is 2.62. The van der Waals surface area contributed by atoms with E-state index in [1.807, 2.05) is 4.68 Å². The first-order chi connectivity index (χ1) is 6.72. The lowest BCUT2D eigenvalue weighted by atomic mass is 10.1. The molecule has 0 atom stereocenters. The third-order valence-corrected chi connectivity index (χ3v) is 2.67. The van der Waals surface area contributed by atoms with Gasteiger partial charge in [-0.05, 0) is 24.7 Å². The van der Waals surface area contributed by atoms with Crippen LogP contribution in [0.5, 0.6) is 0 Å². The van der Waals surface area contributed by atoms with Crippen molar-refractivity contribution in [2.75, 3.05) is 0 Å². The fourth-order valence-electron chi connectivity index (χ4n) is 1.78. The van der Waals surface area contributed by atoms with Crippen LogP contribution in [0.1, 0.15) is 44.0 Å². The standard InChI is InChI=1S/C10H17N3O/c1-7(2)10-9(6-14)11-12-13(10)5-8-3-4-8/h7-8,14H,3-6H2,1-2H3. The first-order valence-corrected chi connectivity index (χ1v) is 5.25. The highest BCUT2D eigenvalue weighted by Crippen LogP contribution is 2.31. The van der Waals surface area contributed by atoms with Crippen LogP contribution in [0, 0.1) is 5.92 Å². The lowest BCUT2D eigenvalue weighted by molar-refractivity contribution is 0.274. The zero-order valence-corrected chi connectivity index (χ0v) is 8.77. The Morgan fingerprint density at radius 2 is 2.21 bits per heavy atom. The Morgan fingerprint density at radius 3 is 2.71 bits per heavy atom. The molecule has 1 aliphatic carbocycles. The molecule has 0 radical (unpaired) electrons. The number of nitrogens with zero attached hydrogens (tertiary/aromatic N) is 3. The molecule has 0 saturated heterocycles. The normalized spacial score (nSPS) is 16.6. The number of hydrogen-bond donors (Lipinski definition) is 1. The second kappa shape index (κ2) is 3.69. The van der Waals surface area contributed by atoms with Gasteiger partial charge in [-0.2, -0.15) is 0 Å². The number of aliphatic hydroxyl groups is 1. The van der Waals surface area contributed by atoms with Crippen LogP contribution in [-0.4, -0.2) is 20.1 Å². The topological polar surface area (TPSA) is 50.9 Å². The molecule has 4 nitrogen and oxygen atoms in total. The van der Waals surface area contributed by atoms with Gasteiger partial charge in [0.25, 0.3) is 0 Å². The van der Waals surface area contributed by atoms with Gasteiger partial charge in [0.15, 0.2) is 0 Å². The molecular weight excluding hydrogens is 178 g/mol. The average Bonchev–Trinajstić information content (AvgIpc) is 2.83. The van der Waals surface area contributed by atoms with Crippen LogP contribution in [0.15, 0.2) is 0 Å². The Hall–Kier alpha value is -0.900. The molecule has 4 heteroatoms. The molecule has 1 N–H and O–H groups in total. The van der Waals surface area contributed by atoms with Gasteiger partial charge >= 0.3 is 0 Å². The SMILES string of the molecule is CC(C)c1c(CO)nnn1CC1CC1. The number of aromatic nitrogens is 3. The summed E-state index contributed by atoms with van der Waals surface area (Å²) in [5.74, 6) is 1.17. The highest BCUT2D eigenvalue weighted by Gasteiger charge is 2.25. The van der Waals surface area contributed by atoms with Crippen molar-refractivity contribution >= 4 is 0 Å². The molecule has 2 rings (SSSR count). The predicted molar refractivity (Wildman–Crippen MR) is 52.8 cm³/mol. The molecule has 0 aromatic carbocycles. The van der Waals surface area contributed by atoms with Crippen molar-refractivity contribution in [3.05, 3.63) is 11.4 Å². The summed E-state index contributed by atoms with van der Waals surface area (Å²) >= 11 is 0. The van der Waals surface area contributed by atoms with E-state index in [2.05, 4.69) is 24.2 Å². The minimum Gasteiger partial charge on any atom is -0.390 e. The van der Waals surface area contributed by atoms with Crippen molar-refractivity contribution in [1.29, 1.82) is 0 Å². The smallest absolute Gasteiger partial charge is 0.112 e. The molecule has 0 amide bonds. The van der Waals surface area contributed by atoms with Crippen LogP contribution < -0.4 is 0 Å². The van der Waals surface area contributed by atoms with Crippen molar-refractivity contribution in [3.63, 3.8) is 0 Å². The van der Waals surface area contributed by atoms with E-state index in [0.717, 1.165) is 23.9 Å². The van der Waals surface area contributed by atoms with Crippen molar-refractivity contribution in [3.8, 4) is 0 Å². The van der Waals surface area contributed by atoms with E-state index in [1.165, 1.54) is 12.8 Å². The lowest BCUT2D eigenvalue weighted by Crippen LogP contribution is -2.09. The lowest BCUT2D eigenvalue weighted by Gasteiger charge is -2.09. The van der Waals surface area contributed by atoms with E-state index < -0.39 is 0 Å². The molecule has 1 saturated carbocycles. The third kappa shape index (κ3) is 1.80. The Bertz CT molecular complexity index is 315. The second-order valence-corrected chi connectivity index (χ2v) is 4.36. The van der Waals surface area contributed by atoms with Gasteiger partial charge in [-0.3, -0.25) is 0 Å². The monoisotopic (exact) mass is 195 g/mol. The molecule has 0 spiro atoms. The minimum atomic E-state index is -0.00181. The highest BCUT2D eigenvalue weighted by molar-refractivity contribution is 5.13. The van der Waals surface area contributed by atoms with Crippen molar-refractivity contribution in [2.24, 2.45) is 5.92 Å². The quantitative estimate of drug-likeness (QED) is 0.788. The molecule has 0 aliphatic heterocycles. The van der Waals surface area contributed by atoms with Crippen LogP contribution in [0.4, 0.5) is 0 Å². The van der Waals surface area contributed by atoms with E-state index in [4.69, 9.17) is 5.11 Å². The summed E-state index contributed by atoms with van der Waals surface area (Å²) in [5, 5.41) is 17.2. The van der Waals surface area contributed by atoms with E-state index >= 15 is 0 Å². The fourth-order valence-corrected chi connectivity index (χ4v) is 1.78. The van der Waals surface area contributed by atoms with Crippen LogP contribution in [0.2, 0.25) is 0 Å². The summed E-state index contributed by atoms with van der Waals surface area (Å²) < 4.78 is 1.97. The summed E-state index contributed by atoms with van der Waals surface area (Å²) in [6, 6.07) is 0. The van der Waals surface area contributed by atoms with Gasteiger partial charge in [0.1, 0.15) is 5.69 Å². The van der Waals surface area contributed by atoms with Gasteiger partial charge in [-0.25, -0.2) is 4.68 Å². The van der Waals surface area contributed by atoms with Gasteiger partial charge in [0.05, 0.1) is 12.3 Å². The molecule has 1 fully saturated rings. The first kappa shape index (κ1) is 9.65.